The van der Waals surface area contributed by atoms with Crippen LogP contribution in [-0.2, 0) is 0 Å². The molecule has 0 atom stereocenters. The Morgan fingerprint density at radius 2 is 0.966 bits per heavy atom. The zero-order valence-corrected chi connectivity index (χ0v) is 21.3. The van der Waals surface area contributed by atoms with Gasteiger partial charge in [-0.25, -0.2) is 0 Å². The van der Waals surface area contributed by atoms with Crippen molar-refractivity contribution < 1.29 is 0 Å². The molecule has 0 aromatic heterocycles. The summed E-state index contributed by atoms with van der Waals surface area (Å²) in [5.41, 5.74) is 15.6. The largest absolute Gasteiger partial charge is 0.398 e. The zero-order chi connectivity index (χ0) is 21.4. The predicted octanol–water partition coefficient (Wildman–Crippen LogP) is 3.70. The molecule has 4 N–H and O–H groups in total. The Balaban J connectivity index is 2.31. The molecule has 0 heterocycles. The van der Waals surface area contributed by atoms with Crippen LogP contribution in [0.2, 0.25) is 39.3 Å². The third-order valence-corrected chi connectivity index (χ3v) is 11.9. The number of benzene rings is 3. The molecule has 0 amide bonds. The number of hydrogen-bond donors (Lipinski definition) is 2. The van der Waals surface area contributed by atoms with Crippen molar-refractivity contribution in [1.29, 1.82) is 0 Å². The summed E-state index contributed by atoms with van der Waals surface area (Å²) in [6, 6.07) is 23.9. The Kier molecular flexibility index (Phi) is 6.09. The van der Waals surface area contributed by atoms with Crippen LogP contribution < -0.4 is 37.8 Å². The molecule has 152 valence electrons. The molecule has 0 aliphatic heterocycles. The van der Waals surface area contributed by atoms with E-state index in [2.05, 4.69) is 106 Å². The normalized spacial score (nSPS) is 12.4. The minimum Gasteiger partial charge on any atom is -0.398 e. The summed E-state index contributed by atoms with van der Waals surface area (Å²) in [5, 5.41) is 6.41. The van der Waals surface area contributed by atoms with Crippen LogP contribution in [0.4, 0.5) is 11.4 Å². The average molecular weight is 437 g/mol. The first-order valence-corrected chi connectivity index (χ1v) is 18.5. The number of hydrogen-bond acceptors (Lipinski definition) is 2. The van der Waals surface area contributed by atoms with Gasteiger partial charge >= 0.3 is 0 Å². The second-order valence-electron chi connectivity index (χ2n) is 9.65. The van der Waals surface area contributed by atoms with E-state index in [9.17, 15) is 0 Å². The molecule has 0 aliphatic carbocycles. The van der Waals surface area contributed by atoms with Gasteiger partial charge in [-0.1, -0.05) is 106 Å². The Morgan fingerprint density at radius 1 is 0.552 bits per heavy atom. The quantitative estimate of drug-likeness (QED) is 0.364. The van der Waals surface area contributed by atoms with Crippen LogP contribution in [-0.4, -0.2) is 16.1 Å². The van der Waals surface area contributed by atoms with Crippen LogP contribution in [0.3, 0.4) is 0 Å². The van der Waals surface area contributed by atoms with E-state index in [1.54, 1.807) is 0 Å². The van der Waals surface area contributed by atoms with Gasteiger partial charge in [-0.3, -0.25) is 0 Å². The molecule has 2 nitrogen and oxygen atoms in total. The molecule has 0 spiro atoms. The van der Waals surface area contributed by atoms with E-state index in [1.807, 2.05) is 0 Å². The molecule has 0 fully saturated rings. The summed E-state index contributed by atoms with van der Waals surface area (Å²) in [4.78, 5) is 0. The summed E-state index contributed by atoms with van der Waals surface area (Å²) >= 11 is 0. The topological polar surface area (TPSA) is 52.0 Å². The van der Waals surface area contributed by atoms with E-state index < -0.39 is 24.1 Å². The Hall–Kier alpha value is -1.88. The lowest BCUT2D eigenvalue weighted by Crippen LogP contribution is -2.44. The molecule has 5 heteroatoms. The molecule has 0 saturated heterocycles. The maximum atomic E-state index is 6.84. The minimum absolute atomic E-state index is 0.820. The number of para-hydroxylation sites is 2. The van der Waals surface area contributed by atoms with E-state index in [-0.39, 0.29) is 0 Å². The minimum atomic E-state index is -1.55. The van der Waals surface area contributed by atoms with Gasteiger partial charge in [0.25, 0.3) is 0 Å². The lowest BCUT2D eigenvalue weighted by molar-refractivity contribution is 1.68. The zero-order valence-electron chi connectivity index (χ0n) is 18.5. The second-order valence-corrected chi connectivity index (χ2v) is 21.9. The maximum Gasteiger partial charge on any atom is 0.0803 e. The number of rotatable bonds is 5. The van der Waals surface area contributed by atoms with Crippen LogP contribution in [0.1, 0.15) is 0 Å². The average Bonchev–Trinajstić information content (AvgIpc) is 2.63. The van der Waals surface area contributed by atoms with Gasteiger partial charge in [0.15, 0.2) is 0 Å². The van der Waals surface area contributed by atoms with Gasteiger partial charge in [-0.15, -0.1) is 0 Å². The van der Waals surface area contributed by atoms with E-state index in [4.69, 9.17) is 11.5 Å². The molecule has 0 aliphatic rings. The van der Waals surface area contributed by atoms with Gasteiger partial charge in [-0.2, -0.15) is 0 Å². The van der Waals surface area contributed by atoms with Crippen LogP contribution >= 0.6 is 7.92 Å². The molecule has 3 aromatic carbocycles. The molecule has 3 rings (SSSR count). The second kappa shape index (κ2) is 8.10. The third-order valence-electron chi connectivity index (χ3n) is 5.28. The Bertz CT molecular complexity index is 942. The van der Waals surface area contributed by atoms with E-state index >= 15 is 0 Å². The van der Waals surface area contributed by atoms with Crippen LogP contribution in [0.25, 0.3) is 0 Å². The van der Waals surface area contributed by atoms with E-state index in [0.717, 1.165) is 11.4 Å². The van der Waals surface area contributed by atoms with Gasteiger partial charge < -0.3 is 11.5 Å². The van der Waals surface area contributed by atoms with Crippen LogP contribution in [0.15, 0.2) is 66.7 Å². The van der Waals surface area contributed by atoms with Gasteiger partial charge in [0.2, 0.25) is 0 Å². The summed E-state index contributed by atoms with van der Waals surface area (Å²) in [5.74, 6) is 0. The summed E-state index contributed by atoms with van der Waals surface area (Å²) in [7, 11) is -3.92. The van der Waals surface area contributed by atoms with Crippen LogP contribution in [0.5, 0.6) is 0 Å². The first-order valence-electron chi connectivity index (χ1n) is 10.1. The first kappa shape index (κ1) is 21.8. The van der Waals surface area contributed by atoms with Crippen molar-refractivity contribution in [1.82, 2.24) is 0 Å². The Labute approximate surface area is 179 Å². The van der Waals surface area contributed by atoms with Crippen molar-refractivity contribution in [2.24, 2.45) is 0 Å². The van der Waals surface area contributed by atoms with Crippen molar-refractivity contribution in [3.05, 3.63) is 66.7 Å². The number of nitrogens with two attached hydrogens (primary N) is 2. The van der Waals surface area contributed by atoms with Crippen molar-refractivity contribution in [3.63, 3.8) is 0 Å². The first-order chi connectivity index (χ1) is 13.5. The lowest BCUT2D eigenvalue weighted by atomic mass is 10.3. The van der Waals surface area contributed by atoms with Crippen molar-refractivity contribution in [3.8, 4) is 0 Å². The fourth-order valence-electron chi connectivity index (χ4n) is 3.79. The molecule has 0 radical (unpaired) electrons. The van der Waals surface area contributed by atoms with Crippen molar-refractivity contribution in [2.75, 3.05) is 11.5 Å². The molecular weight excluding hydrogens is 403 g/mol. The van der Waals surface area contributed by atoms with Crippen molar-refractivity contribution in [2.45, 2.75) is 39.3 Å². The predicted molar refractivity (Wildman–Crippen MR) is 140 cm³/mol. The molecule has 3 aromatic rings. The van der Waals surface area contributed by atoms with Gasteiger partial charge in [0.05, 0.1) is 16.1 Å². The number of anilines is 2. The molecule has 0 unspecified atom stereocenters. The van der Waals surface area contributed by atoms with Crippen molar-refractivity contribution >= 4 is 61.7 Å². The highest BCUT2D eigenvalue weighted by molar-refractivity contribution is 7.80. The number of nitrogen functional groups attached to an aromatic ring is 2. The van der Waals surface area contributed by atoms with Gasteiger partial charge in [0.1, 0.15) is 0 Å². The Morgan fingerprint density at radius 3 is 1.34 bits per heavy atom. The van der Waals surface area contributed by atoms with Gasteiger partial charge in [-0.05, 0) is 23.6 Å². The van der Waals surface area contributed by atoms with Gasteiger partial charge in [0, 0.05) is 22.0 Å². The lowest BCUT2D eigenvalue weighted by Gasteiger charge is -2.28. The smallest absolute Gasteiger partial charge is 0.0803 e. The molecular formula is C24H33N2PSi2. The molecule has 0 saturated carbocycles. The fraction of sp³-hybridized carbons (Fsp3) is 0.250. The monoisotopic (exact) mass is 436 g/mol. The third kappa shape index (κ3) is 4.50. The summed E-state index contributed by atoms with van der Waals surface area (Å²) in [6.45, 7) is 14.1. The summed E-state index contributed by atoms with van der Waals surface area (Å²) < 4.78 is 0. The maximum absolute atomic E-state index is 6.84. The van der Waals surface area contributed by atoms with Crippen LogP contribution in [0, 0.1) is 0 Å². The molecule has 29 heavy (non-hydrogen) atoms. The highest BCUT2D eigenvalue weighted by atomic mass is 31.1. The SMILES string of the molecule is C[Si](C)(C)c1cccc(P(c2ccccc2)c2cccc([Si](C)(C)C)c2N)c1N. The molecule has 0 bridgehead atoms. The summed E-state index contributed by atoms with van der Waals surface area (Å²) in [6.07, 6.45) is 0. The highest BCUT2D eigenvalue weighted by Gasteiger charge is 2.28. The van der Waals surface area contributed by atoms with E-state index in [1.165, 1.54) is 26.3 Å². The highest BCUT2D eigenvalue weighted by Crippen LogP contribution is 2.36. The fourth-order valence-corrected chi connectivity index (χ4v) is 9.56. The van der Waals surface area contributed by atoms with E-state index in [0.29, 0.717) is 0 Å². The standard InChI is InChI=1S/C24H33N2PSi2/c1-28(2,3)21-16-10-14-19(23(21)25)27(18-12-8-7-9-13-18)20-15-11-17-22(24(20)26)29(4,5)6/h7-17H,25-26H2,1-6H3.